The van der Waals surface area contributed by atoms with Crippen molar-refractivity contribution in [3.8, 4) is 5.88 Å². The number of fused-ring (bicyclic) bond motifs is 1. The van der Waals surface area contributed by atoms with Gasteiger partial charge in [-0.1, -0.05) is 30.3 Å². The molecular formula is C19H21N5O6. The fraction of sp³-hybridized carbons (Fsp3) is 0.368. The van der Waals surface area contributed by atoms with Crippen molar-refractivity contribution in [1.82, 2.24) is 19.5 Å². The Bertz CT molecular complexity index is 1070. The second kappa shape index (κ2) is 7.61. The van der Waals surface area contributed by atoms with Gasteiger partial charge in [-0.25, -0.2) is 4.98 Å². The third-order valence-electron chi connectivity index (χ3n) is 5.08. The maximum atomic E-state index is 12.6. The van der Waals surface area contributed by atoms with Crippen LogP contribution in [0.3, 0.4) is 0 Å². The standard InChI is InChI=1S/C19H21N5O6/c1-10(26)19(15(28)14(27)12(7-25)30-19)24-9-21-13-16(24)22-18(20)23-17(13)29-8-11-5-3-2-4-6-11/h2-6,9,12,14-15,25,27-28H,7-8H2,1H3,(H2,20,22,23)/t12-,14-,15-,19-/m1/s1. The van der Waals surface area contributed by atoms with E-state index in [1.807, 2.05) is 30.3 Å². The molecule has 11 heteroatoms. The lowest BCUT2D eigenvalue weighted by Gasteiger charge is -2.30. The topological polar surface area (TPSA) is 166 Å². The number of nitrogens with zero attached hydrogens (tertiary/aromatic N) is 4. The zero-order valence-electron chi connectivity index (χ0n) is 16.0. The molecule has 4 atom stereocenters. The van der Waals surface area contributed by atoms with Crippen LogP contribution < -0.4 is 10.5 Å². The smallest absolute Gasteiger partial charge is 0.247 e. The molecule has 0 aliphatic carbocycles. The van der Waals surface area contributed by atoms with Crippen LogP contribution in [0.25, 0.3) is 11.2 Å². The van der Waals surface area contributed by atoms with Crippen LogP contribution in [0.4, 0.5) is 5.95 Å². The van der Waals surface area contributed by atoms with E-state index in [9.17, 15) is 20.1 Å². The molecule has 1 fully saturated rings. The van der Waals surface area contributed by atoms with Crippen LogP contribution in [0.5, 0.6) is 5.88 Å². The van der Waals surface area contributed by atoms with Gasteiger partial charge in [-0.3, -0.25) is 9.36 Å². The number of benzene rings is 1. The molecule has 1 aliphatic rings. The van der Waals surface area contributed by atoms with E-state index in [1.54, 1.807) is 0 Å². The number of nitrogens with two attached hydrogens (primary N) is 1. The van der Waals surface area contributed by atoms with Gasteiger partial charge >= 0.3 is 0 Å². The third-order valence-corrected chi connectivity index (χ3v) is 5.08. The molecule has 0 amide bonds. The summed E-state index contributed by atoms with van der Waals surface area (Å²) in [5.74, 6) is -0.670. The number of aromatic nitrogens is 4. The minimum absolute atomic E-state index is 0.0746. The molecule has 0 radical (unpaired) electrons. The number of rotatable bonds is 6. The summed E-state index contributed by atoms with van der Waals surface area (Å²) < 4.78 is 12.6. The Morgan fingerprint density at radius 2 is 2.03 bits per heavy atom. The Hall–Kier alpha value is -3.12. The number of ether oxygens (including phenoxy) is 2. The van der Waals surface area contributed by atoms with Crippen LogP contribution >= 0.6 is 0 Å². The fourth-order valence-electron chi connectivity index (χ4n) is 3.57. The average molecular weight is 415 g/mol. The number of ketones is 1. The number of Topliss-reactive ketones (excluding diaryl/α,β-unsaturated/α-hetero) is 1. The number of imidazole rings is 1. The van der Waals surface area contributed by atoms with Crippen molar-refractivity contribution < 1.29 is 29.6 Å². The monoisotopic (exact) mass is 415 g/mol. The number of anilines is 1. The molecule has 1 aliphatic heterocycles. The van der Waals surface area contributed by atoms with Gasteiger partial charge in [-0.05, 0) is 12.5 Å². The lowest BCUT2D eigenvalue weighted by atomic mass is 9.99. The van der Waals surface area contributed by atoms with E-state index in [4.69, 9.17) is 15.2 Å². The van der Waals surface area contributed by atoms with E-state index < -0.39 is 36.4 Å². The molecule has 0 bridgehead atoms. The molecule has 1 saturated heterocycles. The predicted molar refractivity (Wildman–Crippen MR) is 103 cm³/mol. The van der Waals surface area contributed by atoms with Gasteiger partial charge in [0.05, 0.1) is 6.61 Å². The molecule has 2 aromatic heterocycles. The van der Waals surface area contributed by atoms with E-state index in [1.165, 1.54) is 17.8 Å². The Kier molecular flexibility index (Phi) is 5.12. The Labute approximate surface area is 170 Å². The zero-order chi connectivity index (χ0) is 21.5. The van der Waals surface area contributed by atoms with Crippen molar-refractivity contribution in [2.75, 3.05) is 12.3 Å². The molecule has 0 unspecified atom stereocenters. The number of hydrogen-bond acceptors (Lipinski definition) is 10. The van der Waals surface area contributed by atoms with Crippen LogP contribution in [0, 0.1) is 0 Å². The van der Waals surface area contributed by atoms with Gasteiger partial charge in [-0.15, -0.1) is 0 Å². The van der Waals surface area contributed by atoms with Crippen LogP contribution in [0.15, 0.2) is 36.7 Å². The molecule has 0 saturated carbocycles. The fourth-order valence-corrected chi connectivity index (χ4v) is 3.57. The Morgan fingerprint density at radius 1 is 1.30 bits per heavy atom. The van der Waals surface area contributed by atoms with Gasteiger partial charge in [0, 0.05) is 0 Å². The van der Waals surface area contributed by atoms with Crippen molar-refractivity contribution in [1.29, 1.82) is 0 Å². The summed E-state index contributed by atoms with van der Waals surface area (Å²) in [7, 11) is 0. The summed E-state index contributed by atoms with van der Waals surface area (Å²) in [6, 6.07) is 9.38. The first-order valence-electron chi connectivity index (χ1n) is 9.22. The first-order valence-corrected chi connectivity index (χ1v) is 9.22. The number of aliphatic hydroxyl groups excluding tert-OH is 3. The summed E-state index contributed by atoms with van der Waals surface area (Å²) >= 11 is 0. The van der Waals surface area contributed by atoms with Crippen LogP contribution in [-0.2, 0) is 21.9 Å². The number of carbonyl (C=O) groups excluding carboxylic acids is 1. The highest BCUT2D eigenvalue weighted by molar-refractivity contribution is 5.87. The molecule has 11 nitrogen and oxygen atoms in total. The average Bonchev–Trinajstić information content (AvgIpc) is 3.27. The van der Waals surface area contributed by atoms with E-state index in [0.717, 1.165) is 5.56 Å². The first kappa shape index (κ1) is 20.2. The minimum Gasteiger partial charge on any atom is -0.471 e. The highest BCUT2D eigenvalue weighted by Crippen LogP contribution is 2.39. The van der Waals surface area contributed by atoms with Crippen LogP contribution in [0.2, 0.25) is 0 Å². The second-order valence-corrected chi connectivity index (χ2v) is 6.97. The van der Waals surface area contributed by atoms with Crippen molar-refractivity contribution in [3.05, 3.63) is 42.2 Å². The highest BCUT2D eigenvalue weighted by Gasteiger charge is 2.59. The Balaban J connectivity index is 1.79. The Morgan fingerprint density at radius 3 is 2.67 bits per heavy atom. The zero-order valence-corrected chi connectivity index (χ0v) is 16.0. The quantitative estimate of drug-likeness (QED) is 0.406. The summed E-state index contributed by atoms with van der Waals surface area (Å²) in [5, 5.41) is 30.3. The molecule has 30 heavy (non-hydrogen) atoms. The molecule has 1 aromatic carbocycles. The SMILES string of the molecule is CC(=O)[C@@]1(n2cnc3c(OCc4ccccc4)nc(N)nc32)O[C@H](CO)[C@@H](O)[C@H]1O. The third kappa shape index (κ3) is 3.08. The van der Waals surface area contributed by atoms with E-state index >= 15 is 0 Å². The number of aliphatic hydroxyl groups is 3. The van der Waals surface area contributed by atoms with Gasteiger partial charge in [0.15, 0.2) is 16.9 Å². The predicted octanol–water partition coefficient (Wildman–Crippen LogP) is -0.658. The molecule has 158 valence electrons. The summed E-state index contributed by atoms with van der Waals surface area (Å²) in [6.45, 7) is 0.795. The van der Waals surface area contributed by atoms with Gasteiger partial charge in [0.1, 0.15) is 31.2 Å². The van der Waals surface area contributed by atoms with E-state index in [0.29, 0.717) is 0 Å². The maximum absolute atomic E-state index is 12.6. The lowest BCUT2D eigenvalue weighted by molar-refractivity contribution is -0.171. The summed E-state index contributed by atoms with van der Waals surface area (Å²) in [4.78, 5) is 25.0. The number of nitrogen functional groups attached to an aromatic ring is 1. The van der Waals surface area contributed by atoms with Crippen LogP contribution in [0.1, 0.15) is 12.5 Å². The van der Waals surface area contributed by atoms with Gasteiger partial charge in [0.25, 0.3) is 0 Å². The van der Waals surface area contributed by atoms with Crippen molar-refractivity contribution in [3.63, 3.8) is 0 Å². The first-order chi connectivity index (χ1) is 14.4. The largest absolute Gasteiger partial charge is 0.471 e. The van der Waals surface area contributed by atoms with E-state index in [2.05, 4.69) is 15.0 Å². The number of carbonyl (C=O) groups is 1. The van der Waals surface area contributed by atoms with Gasteiger partial charge in [-0.2, -0.15) is 9.97 Å². The molecule has 4 rings (SSSR count). The van der Waals surface area contributed by atoms with Crippen molar-refractivity contribution in [2.24, 2.45) is 0 Å². The summed E-state index contributed by atoms with van der Waals surface area (Å²) in [6.07, 6.45) is -3.11. The van der Waals surface area contributed by atoms with Crippen molar-refractivity contribution in [2.45, 2.75) is 37.6 Å². The maximum Gasteiger partial charge on any atom is 0.247 e. The van der Waals surface area contributed by atoms with Crippen molar-refractivity contribution >= 4 is 22.9 Å². The minimum atomic E-state index is -2.04. The number of hydrogen-bond donors (Lipinski definition) is 4. The molecular weight excluding hydrogens is 394 g/mol. The molecule has 0 spiro atoms. The second-order valence-electron chi connectivity index (χ2n) is 6.97. The summed E-state index contributed by atoms with van der Waals surface area (Å²) in [5.41, 5.74) is 4.95. The molecule has 5 N–H and O–H groups in total. The normalized spacial score (nSPS) is 26.2. The van der Waals surface area contributed by atoms with Gasteiger partial charge < -0.3 is 30.5 Å². The molecule has 3 heterocycles. The highest BCUT2D eigenvalue weighted by atomic mass is 16.6. The van der Waals surface area contributed by atoms with Gasteiger partial charge in [0.2, 0.25) is 17.6 Å². The van der Waals surface area contributed by atoms with E-state index in [-0.39, 0.29) is 29.6 Å². The van der Waals surface area contributed by atoms with Crippen LogP contribution in [-0.4, -0.2) is 65.5 Å². The lowest BCUT2D eigenvalue weighted by Crippen LogP contribution is -2.50. The molecule has 3 aromatic rings.